The minimum Gasteiger partial charge on any atom is -0.481 e. The molecule has 5 heteroatoms. The fraction of sp³-hybridized carbons (Fsp3) is 0.692. The van der Waals surface area contributed by atoms with Gasteiger partial charge in [-0.1, -0.05) is 13.0 Å². The van der Waals surface area contributed by atoms with Crippen LogP contribution in [0.25, 0.3) is 0 Å². The molecule has 1 saturated heterocycles. The van der Waals surface area contributed by atoms with Gasteiger partial charge in [0.2, 0.25) is 0 Å². The molecule has 1 N–H and O–H groups in total. The molecule has 0 spiro atoms. The van der Waals surface area contributed by atoms with Crippen molar-refractivity contribution >= 4 is 12.0 Å². The number of hydrogen-bond donors (Lipinski definition) is 1. The molecule has 0 aromatic carbocycles. The van der Waals surface area contributed by atoms with Gasteiger partial charge in [0.05, 0.1) is 5.92 Å². The van der Waals surface area contributed by atoms with E-state index in [1.807, 2.05) is 13.8 Å². The number of nitrogens with zero attached hydrogens (tertiary/aromatic N) is 2. The summed E-state index contributed by atoms with van der Waals surface area (Å²) in [4.78, 5) is 26.4. The molecule has 2 amide bonds. The second-order valence-electron chi connectivity index (χ2n) is 5.11. The molecule has 0 bridgehead atoms. The fourth-order valence-corrected chi connectivity index (χ4v) is 2.02. The average Bonchev–Trinajstić information content (AvgIpc) is 2.22. The number of urea groups is 1. The predicted molar refractivity (Wildman–Crippen MR) is 69.3 cm³/mol. The van der Waals surface area contributed by atoms with E-state index in [2.05, 4.69) is 6.58 Å². The second-order valence-corrected chi connectivity index (χ2v) is 5.11. The number of hydrogen-bond acceptors (Lipinski definition) is 2. The molecule has 1 fully saturated rings. The molecule has 102 valence electrons. The van der Waals surface area contributed by atoms with Crippen LogP contribution in [0.2, 0.25) is 0 Å². The summed E-state index contributed by atoms with van der Waals surface area (Å²) >= 11 is 0. The zero-order chi connectivity index (χ0) is 13.9. The topological polar surface area (TPSA) is 60.9 Å². The van der Waals surface area contributed by atoms with E-state index in [4.69, 9.17) is 5.11 Å². The third kappa shape index (κ3) is 3.03. The maximum atomic E-state index is 12.2. The summed E-state index contributed by atoms with van der Waals surface area (Å²) in [6.07, 6.45) is 1.70. The summed E-state index contributed by atoms with van der Waals surface area (Å²) in [5, 5.41) is 8.90. The lowest BCUT2D eigenvalue weighted by molar-refractivity contribution is -0.144. The Morgan fingerprint density at radius 1 is 1.44 bits per heavy atom. The van der Waals surface area contributed by atoms with E-state index in [1.165, 1.54) is 0 Å². The fourth-order valence-electron chi connectivity index (χ4n) is 2.02. The highest BCUT2D eigenvalue weighted by atomic mass is 16.4. The quantitative estimate of drug-likeness (QED) is 0.759. The van der Waals surface area contributed by atoms with E-state index in [0.29, 0.717) is 19.6 Å². The number of carbonyl (C=O) groups excluding carboxylic acids is 1. The number of amides is 2. The lowest BCUT2D eigenvalue weighted by atomic mass is 9.87. The Kier molecular flexibility index (Phi) is 4.76. The number of aliphatic carboxylic acids is 1. The zero-order valence-electron chi connectivity index (χ0n) is 11.3. The van der Waals surface area contributed by atoms with E-state index in [1.54, 1.807) is 22.8 Å². The summed E-state index contributed by atoms with van der Waals surface area (Å²) in [5.41, 5.74) is 0. The van der Waals surface area contributed by atoms with Crippen molar-refractivity contribution in [1.29, 1.82) is 0 Å². The molecule has 0 aromatic heterocycles. The van der Waals surface area contributed by atoms with Gasteiger partial charge >= 0.3 is 12.0 Å². The molecule has 1 atom stereocenters. The highest BCUT2D eigenvalue weighted by Crippen LogP contribution is 2.25. The third-order valence-corrected chi connectivity index (χ3v) is 3.47. The lowest BCUT2D eigenvalue weighted by Crippen LogP contribution is -2.58. The first-order valence-electron chi connectivity index (χ1n) is 6.27. The molecule has 0 radical (unpaired) electrons. The van der Waals surface area contributed by atoms with Crippen LogP contribution in [0.5, 0.6) is 0 Å². The number of carboxylic acid groups (broad SMARTS) is 1. The highest BCUT2D eigenvalue weighted by molar-refractivity contribution is 5.76. The van der Waals surface area contributed by atoms with Crippen LogP contribution in [0.15, 0.2) is 12.7 Å². The molecule has 1 heterocycles. The van der Waals surface area contributed by atoms with Gasteiger partial charge in [-0.05, 0) is 13.8 Å². The van der Waals surface area contributed by atoms with Crippen LogP contribution in [0.1, 0.15) is 20.8 Å². The molecule has 0 aromatic rings. The van der Waals surface area contributed by atoms with Crippen LogP contribution >= 0.6 is 0 Å². The van der Waals surface area contributed by atoms with Crippen molar-refractivity contribution in [2.75, 3.05) is 19.6 Å². The van der Waals surface area contributed by atoms with Crippen molar-refractivity contribution in [3.05, 3.63) is 12.7 Å². The van der Waals surface area contributed by atoms with Gasteiger partial charge in [-0.2, -0.15) is 0 Å². The Hall–Kier alpha value is -1.52. The summed E-state index contributed by atoms with van der Waals surface area (Å²) in [5.74, 6) is -1.11. The van der Waals surface area contributed by atoms with Crippen LogP contribution < -0.4 is 0 Å². The first kappa shape index (κ1) is 14.5. The van der Waals surface area contributed by atoms with Crippen molar-refractivity contribution in [1.82, 2.24) is 9.80 Å². The summed E-state index contributed by atoms with van der Waals surface area (Å²) in [6.45, 7) is 10.8. The average molecular weight is 254 g/mol. The molecule has 18 heavy (non-hydrogen) atoms. The van der Waals surface area contributed by atoms with Gasteiger partial charge in [0.15, 0.2) is 0 Å². The molecular weight excluding hydrogens is 232 g/mol. The molecule has 5 nitrogen and oxygen atoms in total. The van der Waals surface area contributed by atoms with E-state index in [-0.39, 0.29) is 23.9 Å². The van der Waals surface area contributed by atoms with Crippen LogP contribution in [0.3, 0.4) is 0 Å². The van der Waals surface area contributed by atoms with E-state index < -0.39 is 5.97 Å². The molecule has 0 saturated carbocycles. The number of rotatable bonds is 5. The molecule has 1 rings (SSSR count). The minimum absolute atomic E-state index is 0.0289. The summed E-state index contributed by atoms with van der Waals surface area (Å²) in [7, 11) is 0. The van der Waals surface area contributed by atoms with E-state index in [0.717, 1.165) is 0 Å². The Bertz CT molecular complexity index is 335. The van der Waals surface area contributed by atoms with Gasteiger partial charge in [0.1, 0.15) is 0 Å². The van der Waals surface area contributed by atoms with Gasteiger partial charge in [-0.25, -0.2) is 4.79 Å². The van der Waals surface area contributed by atoms with Crippen LogP contribution in [0.4, 0.5) is 4.79 Å². The molecule has 1 unspecified atom stereocenters. The normalized spacial score (nSPS) is 17.2. The Labute approximate surface area is 108 Å². The SMILES string of the molecule is C=CCN(C(=O)N1CC(C(C)C(=O)O)C1)C(C)C. The second kappa shape index (κ2) is 5.89. The lowest BCUT2D eigenvalue weighted by Gasteiger charge is -2.44. The van der Waals surface area contributed by atoms with Gasteiger partial charge < -0.3 is 14.9 Å². The Morgan fingerprint density at radius 2 is 2.00 bits per heavy atom. The van der Waals surface area contributed by atoms with E-state index in [9.17, 15) is 9.59 Å². The molecule has 1 aliphatic rings. The van der Waals surface area contributed by atoms with Gasteiger partial charge in [-0.3, -0.25) is 4.79 Å². The van der Waals surface area contributed by atoms with Crippen molar-refractivity contribution in [2.24, 2.45) is 11.8 Å². The third-order valence-electron chi connectivity index (χ3n) is 3.47. The number of carboxylic acids is 1. The molecule has 0 aliphatic carbocycles. The minimum atomic E-state index is -0.793. The first-order valence-corrected chi connectivity index (χ1v) is 6.27. The maximum Gasteiger partial charge on any atom is 0.320 e. The van der Waals surface area contributed by atoms with Crippen LogP contribution in [0, 0.1) is 11.8 Å². The highest BCUT2D eigenvalue weighted by Gasteiger charge is 2.38. The summed E-state index contributed by atoms with van der Waals surface area (Å²) < 4.78 is 0. The smallest absolute Gasteiger partial charge is 0.320 e. The van der Waals surface area contributed by atoms with Crippen LogP contribution in [-0.4, -0.2) is 52.6 Å². The van der Waals surface area contributed by atoms with Gasteiger partial charge in [0.25, 0.3) is 0 Å². The standard InChI is InChI=1S/C13H22N2O3/c1-5-6-15(9(2)3)13(18)14-7-11(8-14)10(4)12(16)17/h5,9-11H,1,6-8H2,2-4H3,(H,16,17). The summed E-state index contributed by atoms with van der Waals surface area (Å²) in [6, 6.07) is 0.0881. The monoisotopic (exact) mass is 254 g/mol. The van der Waals surface area contributed by atoms with Gasteiger partial charge in [0, 0.05) is 31.6 Å². The zero-order valence-corrected chi connectivity index (χ0v) is 11.3. The van der Waals surface area contributed by atoms with Crippen molar-refractivity contribution in [2.45, 2.75) is 26.8 Å². The van der Waals surface area contributed by atoms with Gasteiger partial charge in [-0.15, -0.1) is 6.58 Å². The van der Waals surface area contributed by atoms with Crippen LogP contribution in [-0.2, 0) is 4.79 Å². The molecular formula is C13H22N2O3. The number of carbonyl (C=O) groups is 2. The predicted octanol–water partition coefficient (Wildman–Crippen LogP) is 1.66. The largest absolute Gasteiger partial charge is 0.481 e. The Morgan fingerprint density at radius 3 is 2.39 bits per heavy atom. The maximum absolute atomic E-state index is 12.2. The van der Waals surface area contributed by atoms with E-state index >= 15 is 0 Å². The number of likely N-dealkylation sites (tertiary alicyclic amines) is 1. The van der Waals surface area contributed by atoms with Crippen molar-refractivity contribution in [3.8, 4) is 0 Å². The Balaban J connectivity index is 2.51. The first-order chi connectivity index (χ1) is 8.38. The van der Waals surface area contributed by atoms with Crippen molar-refractivity contribution in [3.63, 3.8) is 0 Å². The molecule has 1 aliphatic heterocycles. The van der Waals surface area contributed by atoms with Crippen molar-refractivity contribution < 1.29 is 14.7 Å².